The van der Waals surface area contributed by atoms with Gasteiger partial charge in [0.15, 0.2) is 0 Å². The summed E-state index contributed by atoms with van der Waals surface area (Å²) in [5.74, 6) is 0.0105. The molecule has 0 radical (unpaired) electrons. The van der Waals surface area contributed by atoms with Crippen LogP contribution in [-0.4, -0.2) is 17.4 Å². The van der Waals surface area contributed by atoms with Crippen LogP contribution in [0, 0.1) is 6.92 Å². The summed E-state index contributed by atoms with van der Waals surface area (Å²) in [5.41, 5.74) is 4.34. The van der Waals surface area contributed by atoms with Gasteiger partial charge in [0, 0.05) is 28.9 Å². The molecule has 2 aromatic carbocycles. The highest BCUT2D eigenvalue weighted by molar-refractivity contribution is 7.13. The van der Waals surface area contributed by atoms with Crippen LogP contribution in [0.25, 0.3) is 10.6 Å². The molecule has 5 heteroatoms. The summed E-state index contributed by atoms with van der Waals surface area (Å²) in [5, 5.41) is 6.69. The Kier molecular flexibility index (Phi) is 5.84. The minimum absolute atomic E-state index is 0.0105. The average molecular weight is 371 g/mol. The molecule has 3 aromatic rings. The van der Waals surface area contributed by atoms with Crippen LogP contribution in [0.4, 0.5) is 0 Å². The molecule has 0 atom stereocenters. The number of aryl methyl sites for hydroxylation is 1. The van der Waals surface area contributed by atoms with Gasteiger partial charge in [0.25, 0.3) is 0 Å². The maximum atomic E-state index is 12.0. The third-order valence-corrected chi connectivity index (χ3v) is 5.02. The number of nitrogens with one attached hydrogen (secondary N) is 1. The summed E-state index contributed by atoms with van der Waals surface area (Å²) < 4.78 is 0. The van der Waals surface area contributed by atoms with Crippen molar-refractivity contribution in [2.45, 2.75) is 19.8 Å². The Bertz CT molecular complexity index is 841. The van der Waals surface area contributed by atoms with E-state index in [-0.39, 0.29) is 5.91 Å². The van der Waals surface area contributed by atoms with E-state index in [9.17, 15) is 4.79 Å². The first kappa shape index (κ1) is 17.6. The van der Waals surface area contributed by atoms with Gasteiger partial charge < -0.3 is 5.32 Å². The number of hydrogen-bond donors (Lipinski definition) is 1. The summed E-state index contributed by atoms with van der Waals surface area (Å²) in [6.07, 6.45) is 1.09. The van der Waals surface area contributed by atoms with Gasteiger partial charge in [-0.3, -0.25) is 4.79 Å². The molecule has 3 nitrogen and oxygen atoms in total. The number of carbonyl (C=O) groups is 1. The Labute approximate surface area is 156 Å². The van der Waals surface area contributed by atoms with Gasteiger partial charge in [-0.15, -0.1) is 11.3 Å². The van der Waals surface area contributed by atoms with Gasteiger partial charge >= 0.3 is 0 Å². The highest BCUT2D eigenvalue weighted by Gasteiger charge is 2.06. The summed E-state index contributed by atoms with van der Waals surface area (Å²) >= 11 is 7.48. The summed E-state index contributed by atoms with van der Waals surface area (Å²) in [6.45, 7) is 2.66. The smallest absolute Gasteiger partial charge is 0.224 e. The lowest BCUT2D eigenvalue weighted by Crippen LogP contribution is -2.27. The van der Waals surface area contributed by atoms with E-state index in [4.69, 9.17) is 11.6 Å². The van der Waals surface area contributed by atoms with Gasteiger partial charge in [-0.05, 0) is 24.6 Å². The molecule has 25 heavy (non-hydrogen) atoms. The minimum Gasteiger partial charge on any atom is -0.355 e. The van der Waals surface area contributed by atoms with E-state index in [0.717, 1.165) is 28.2 Å². The fourth-order valence-corrected chi connectivity index (χ4v) is 3.42. The van der Waals surface area contributed by atoms with E-state index >= 15 is 0 Å². The van der Waals surface area contributed by atoms with Crippen LogP contribution >= 0.6 is 22.9 Å². The first-order valence-electron chi connectivity index (χ1n) is 8.13. The molecule has 1 heterocycles. The molecule has 0 fully saturated rings. The molecule has 0 saturated carbocycles. The van der Waals surface area contributed by atoms with Crippen molar-refractivity contribution in [3.8, 4) is 10.6 Å². The van der Waals surface area contributed by atoms with Crippen LogP contribution in [0.2, 0.25) is 5.02 Å². The number of rotatable bonds is 6. The van der Waals surface area contributed by atoms with Crippen LogP contribution < -0.4 is 5.32 Å². The minimum atomic E-state index is 0.0105. The van der Waals surface area contributed by atoms with Crippen molar-refractivity contribution in [1.82, 2.24) is 10.3 Å². The summed E-state index contributed by atoms with van der Waals surface area (Å²) in [6, 6.07) is 15.7. The lowest BCUT2D eigenvalue weighted by atomic mass is 10.1. The van der Waals surface area contributed by atoms with Gasteiger partial charge in [-0.1, -0.05) is 53.6 Å². The SMILES string of the molecule is Cc1ccc(-c2nc(CCNC(=O)Cc3ccc(Cl)cc3)cs2)cc1. The van der Waals surface area contributed by atoms with Gasteiger partial charge in [0.1, 0.15) is 5.01 Å². The van der Waals surface area contributed by atoms with Gasteiger partial charge in [-0.25, -0.2) is 4.98 Å². The molecule has 1 N–H and O–H groups in total. The number of aromatic nitrogens is 1. The van der Waals surface area contributed by atoms with Crippen LogP contribution in [0.3, 0.4) is 0 Å². The second-order valence-corrected chi connectivity index (χ2v) is 7.21. The Morgan fingerprint density at radius 2 is 1.84 bits per heavy atom. The third-order valence-electron chi connectivity index (χ3n) is 3.83. The summed E-state index contributed by atoms with van der Waals surface area (Å²) in [7, 11) is 0. The first-order chi connectivity index (χ1) is 12.1. The standard InChI is InChI=1S/C20H19ClN2OS/c1-14-2-6-16(7-3-14)20-23-18(13-25-20)10-11-22-19(24)12-15-4-8-17(21)9-5-15/h2-9,13H,10-12H2,1H3,(H,22,24). The Morgan fingerprint density at radius 3 is 2.56 bits per heavy atom. The number of halogens is 1. The molecule has 0 saturated heterocycles. The van der Waals surface area contributed by atoms with Gasteiger partial charge in [0.2, 0.25) is 5.91 Å². The van der Waals surface area contributed by atoms with E-state index in [1.165, 1.54) is 5.56 Å². The van der Waals surface area contributed by atoms with Crippen molar-refractivity contribution in [3.63, 3.8) is 0 Å². The maximum Gasteiger partial charge on any atom is 0.224 e. The van der Waals surface area contributed by atoms with Crippen LogP contribution in [0.1, 0.15) is 16.8 Å². The Hall–Kier alpha value is -2.17. The van der Waals surface area contributed by atoms with Crippen LogP contribution in [0.5, 0.6) is 0 Å². The Balaban J connectivity index is 1.48. The molecule has 1 amide bonds. The second-order valence-electron chi connectivity index (χ2n) is 5.91. The van der Waals surface area contributed by atoms with Crippen LogP contribution in [-0.2, 0) is 17.6 Å². The molecule has 128 valence electrons. The van der Waals surface area contributed by atoms with Crippen molar-refractivity contribution < 1.29 is 4.79 Å². The van der Waals surface area contributed by atoms with Crippen molar-refractivity contribution in [2.75, 3.05) is 6.54 Å². The fourth-order valence-electron chi connectivity index (χ4n) is 2.43. The van der Waals surface area contributed by atoms with E-state index in [1.807, 2.05) is 12.1 Å². The molecule has 0 unspecified atom stereocenters. The number of thiazole rings is 1. The largest absolute Gasteiger partial charge is 0.355 e. The topological polar surface area (TPSA) is 42.0 Å². The van der Waals surface area contributed by atoms with E-state index in [0.29, 0.717) is 18.0 Å². The second kappa shape index (κ2) is 8.28. The molecular weight excluding hydrogens is 352 g/mol. The highest BCUT2D eigenvalue weighted by atomic mass is 35.5. The molecule has 1 aromatic heterocycles. The lowest BCUT2D eigenvalue weighted by Gasteiger charge is -2.04. The van der Waals surface area contributed by atoms with Crippen LogP contribution in [0.15, 0.2) is 53.9 Å². The lowest BCUT2D eigenvalue weighted by molar-refractivity contribution is -0.120. The van der Waals surface area contributed by atoms with Gasteiger partial charge in [-0.2, -0.15) is 0 Å². The monoisotopic (exact) mass is 370 g/mol. The molecule has 0 bridgehead atoms. The number of carbonyl (C=O) groups excluding carboxylic acids is 1. The summed E-state index contributed by atoms with van der Waals surface area (Å²) in [4.78, 5) is 16.6. The van der Waals surface area contributed by atoms with E-state index in [2.05, 4.69) is 46.9 Å². The zero-order chi connectivity index (χ0) is 17.6. The van der Waals surface area contributed by atoms with Crippen molar-refractivity contribution >= 4 is 28.8 Å². The molecule has 0 spiro atoms. The van der Waals surface area contributed by atoms with Crippen molar-refractivity contribution in [1.29, 1.82) is 0 Å². The zero-order valence-corrected chi connectivity index (χ0v) is 15.5. The third kappa shape index (κ3) is 5.15. The highest BCUT2D eigenvalue weighted by Crippen LogP contribution is 2.24. The quantitative estimate of drug-likeness (QED) is 0.684. The maximum absolute atomic E-state index is 12.0. The zero-order valence-electron chi connectivity index (χ0n) is 14.0. The molecule has 3 rings (SSSR count). The molecular formula is C20H19ClN2OS. The molecule has 0 aliphatic carbocycles. The predicted octanol–water partition coefficient (Wildman–Crippen LogP) is 4.67. The Morgan fingerprint density at radius 1 is 1.12 bits per heavy atom. The average Bonchev–Trinajstić information content (AvgIpc) is 3.06. The number of hydrogen-bond acceptors (Lipinski definition) is 3. The number of benzene rings is 2. The van der Waals surface area contributed by atoms with Crippen molar-refractivity contribution in [2.24, 2.45) is 0 Å². The fraction of sp³-hybridized carbons (Fsp3) is 0.200. The van der Waals surface area contributed by atoms with Gasteiger partial charge in [0.05, 0.1) is 12.1 Å². The number of amides is 1. The van der Waals surface area contributed by atoms with Crippen molar-refractivity contribution in [3.05, 3.63) is 75.8 Å². The number of nitrogens with zero attached hydrogens (tertiary/aromatic N) is 1. The predicted molar refractivity (Wildman–Crippen MR) is 104 cm³/mol. The normalized spacial score (nSPS) is 10.6. The van der Waals surface area contributed by atoms with E-state index < -0.39 is 0 Å². The molecule has 0 aliphatic heterocycles. The molecule has 0 aliphatic rings. The first-order valence-corrected chi connectivity index (χ1v) is 9.38. The van der Waals surface area contributed by atoms with E-state index in [1.54, 1.807) is 23.5 Å².